The molecular weight excluding hydrogens is 1300 g/mol. The molecule has 0 radical (unpaired) electrons. The van der Waals surface area contributed by atoms with Crippen LogP contribution in [-0.4, -0.2) is 95.6 Å². The molecule has 0 aromatic heterocycles. The molecule has 5 rings (SSSR count). The first-order valence-electron chi connectivity index (χ1n) is 26.5. The van der Waals surface area contributed by atoms with Crippen molar-refractivity contribution in [1.29, 1.82) is 0 Å². The minimum Gasteiger partial charge on any atom is -0.505 e. The number of nitrogens with one attached hydrogen (secondary N) is 5. The molecule has 0 saturated carbocycles. The average Bonchev–Trinajstić information content (AvgIpc) is 0.980. The number of phenols is 1. The summed E-state index contributed by atoms with van der Waals surface area (Å²) in [7, 11) is 0. The zero-order valence-corrected chi connectivity index (χ0v) is 52.4. The number of hydrogen-bond acceptors (Lipinski definition) is 13. The molecule has 5 aromatic carbocycles. The van der Waals surface area contributed by atoms with Gasteiger partial charge < -0.3 is 57.2 Å². The van der Waals surface area contributed by atoms with E-state index >= 15 is 0 Å². The SMILES string of the molecule is CC(C)[C@H](Nc1cc(C(F)(F)F)ccc1Cl)C(=O)O.CC(C)[C@H](Nc1cc(Cl)c(O)c(Cl)c1)C(=O)O.CC(C)[C@H](Nc1ccc(Cl)c([N+](=O)[O-])c1)C(=O)O.CC(C)[C@H](Nc1cccc(C(F)(F)F)c1)C(=O)O.CC(C)[C@H](Nc1ccccc1C(F)(F)F)C(=O)O. The van der Waals surface area contributed by atoms with Gasteiger partial charge in [-0.15, -0.1) is 0 Å². The highest BCUT2D eigenvalue weighted by Crippen LogP contribution is 2.38. The number of aliphatic carboxylic acids is 5. The number of hydrogen-bond donors (Lipinski definition) is 11. The Morgan fingerprint density at radius 1 is 0.411 bits per heavy atom. The van der Waals surface area contributed by atoms with E-state index in [1.165, 1.54) is 60.7 Å². The number of para-hydroxylation sites is 1. The lowest BCUT2D eigenvalue weighted by Crippen LogP contribution is -2.35. The minimum atomic E-state index is -4.51. The molecule has 0 aliphatic heterocycles. The standard InChI is InChI=1S/C12H13ClF3NO2.2C12H14F3NO2.C11H13Cl2NO3.C11H13ClN2O4/c1-6(2)10(11(18)19)17-9-5-7(12(14,15)16)3-4-8(9)13;1-7(2)10(11(17)18)16-9-5-3-4-8(6-9)12(13,14)15;1-7(2)10(11(17)18)16-9-6-4-3-5-8(9)12(13,14)15;1-5(2)9(11(16)17)14-6-3-7(12)10(15)8(13)4-6;1-6(2)10(11(15)16)13-7-3-4-8(12)9(5-7)14(17)18/h3-6,10,17H,1-2H3,(H,18,19);2*3-7,10,16H,1-2H3,(H,17,18);3-5,9,14-15H,1-2H3,(H,16,17);3-6,10,13H,1-2H3,(H,15,16)/t3*10-;9-;10-/m00000/s1. The van der Waals surface area contributed by atoms with Crippen LogP contribution in [0.25, 0.3) is 0 Å². The first-order valence-corrected chi connectivity index (χ1v) is 28.0. The number of benzene rings is 5. The van der Waals surface area contributed by atoms with Crippen LogP contribution in [0.5, 0.6) is 5.75 Å². The van der Waals surface area contributed by atoms with Gasteiger partial charge in [0.05, 0.1) is 42.4 Å². The molecule has 0 unspecified atom stereocenters. The minimum absolute atomic E-state index is 0.0157. The van der Waals surface area contributed by atoms with Crippen molar-refractivity contribution < 1.29 is 99.0 Å². The Hall–Kier alpha value is -7.82. The smallest absolute Gasteiger partial charge is 0.418 e. The van der Waals surface area contributed by atoms with Crippen LogP contribution in [0, 0.1) is 39.7 Å². The van der Waals surface area contributed by atoms with Gasteiger partial charge in [-0.25, -0.2) is 24.0 Å². The lowest BCUT2D eigenvalue weighted by atomic mass is 10.0. The van der Waals surface area contributed by atoms with Gasteiger partial charge in [0, 0.05) is 28.8 Å². The molecule has 5 aromatic rings. The van der Waals surface area contributed by atoms with E-state index in [0.29, 0.717) is 11.4 Å². The normalized spacial score (nSPS) is 13.0. The summed E-state index contributed by atoms with van der Waals surface area (Å²) >= 11 is 22.9. The molecule has 5 atom stereocenters. The molecule has 19 nitrogen and oxygen atoms in total. The molecule has 0 bridgehead atoms. The number of nitrogens with zero attached hydrogens (tertiary/aromatic N) is 1. The molecule has 11 N–H and O–H groups in total. The molecule has 0 spiro atoms. The van der Waals surface area contributed by atoms with Gasteiger partial charge in [-0.2, -0.15) is 39.5 Å². The number of carboxylic acids is 5. The summed E-state index contributed by atoms with van der Waals surface area (Å²) in [4.78, 5) is 65.0. The Morgan fingerprint density at radius 3 is 1.14 bits per heavy atom. The number of carbonyl (C=O) groups is 5. The Morgan fingerprint density at radius 2 is 0.767 bits per heavy atom. The van der Waals surface area contributed by atoms with Gasteiger partial charge in [0.25, 0.3) is 5.69 Å². The summed E-state index contributed by atoms with van der Waals surface area (Å²) < 4.78 is 113. The van der Waals surface area contributed by atoms with Crippen molar-refractivity contribution in [3.8, 4) is 5.75 Å². The fourth-order valence-corrected chi connectivity index (χ4v) is 8.13. The monoisotopic (exact) mass is 1370 g/mol. The van der Waals surface area contributed by atoms with Crippen LogP contribution in [0.3, 0.4) is 0 Å². The van der Waals surface area contributed by atoms with E-state index in [1.54, 1.807) is 69.2 Å². The highest BCUT2D eigenvalue weighted by Gasteiger charge is 2.36. The van der Waals surface area contributed by atoms with Crippen LogP contribution in [0.1, 0.15) is 85.9 Å². The molecule has 0 aliphatic carbocycles. The maximum Gasteiger partial charge on any atom is 0.418 e. The number of halogens is 13. The van der Waals surface area contributed by atoms with E-state index in [4.69, 9.17) is 71.9 Å². The molecule has 0 fully saturated rings. The number of nitro benzene ring substituents is 1. The van der Waals surface area contributed by atoms with Crippen LogP contribution in [-0.2, 0) is 42.5 Å². The number of nitro groups is 1. The second kappa shape index (κ2) is 35.5. The third kappa shape index (κ3) is 26.7. The van der Waals surface area contributed by atoms with Crippen LogP contribution >= 0.6 is 46.4 Å². The molecule has 0 aliphatic rings. The molecule has 498 valence electrons. The molecule has 0 saturated heterocycles. The Bertz CT molecular complexity index is 3210. The van der Waals surface area contributed by atoms with Gasteiger partial charge in [0.1, 0.15) is 35.2 Å². The van der Waals surface area contributed by atoms with Gasteiger partial charge in [-0.05, 0) is 102 Å². The number of phenolic OH excluding ortho intramolecular Hbond substituents is 1. The Labute approximate surface area is 531 Å². The zero-order chi connectivity index (χ0) is 69.7. The van der Waals surface area contributed by atoms with Crippen molar-refractivity contribution in [2.75, 3.05) is 26.6 Å². The van der Waals surface area contributed by atoms with E-state index in [2.05, 4.69) is 26.6 Å². The van der Waals surface area contributed by atoms with Crippen LogP contribution < -0.4 is 26.6 Å². The van der Waals surface area contributed by atoms with Gasteiger partial charge in [-0.1, -0.05) is 134 Å². The number of anilines is 5. The van der Waals surface area contributed by atoms with Gasteiger partial charge in [0.2, 0.25) is 0 Å². The second-order valence-corrected chi connectivity index (χ2v) is 22.7. The van der Waals surface area contributed by atoms with Gasteiger partial charge >= 0.3 is 48.4 Å². The van der Waals surface area contributed by atoms with Crippen molar-refractivity contribution in [1.82, 2.24) is 0 Å². The topological polar surface area (TPSA) is 310 Å². The number of carboxylic acid groups (broad SMARTS) is 5. The predicted octanol–water partition coefficient (Wildman–Crippen LogP) is 16.3. The molecule has 32 heteroatoms. The summed E-state index contributed by atoms with van der Waals surface area (Å²) in [5.74, 6) is -6.73. The molecular formula is C58H67Cl4F9N6O13. The quantitative estimate of drug-likeness (QED) is 0.0141. The molecule has 0 amide bonds. The summed E-state index contributed by atoms with van der Waals surface area (Å²) in [6.45, 7) is 17.0. The Kier molecular flexibility index (Phi) is 31.7. The Balaban J connectivity index is 0.000000563. The van der Waals surface area contributed by atoms with E-state index in [1.807, 2.05) is 0 Å². The lowest BCUT2D eigenvalue weighted by Gasteiger charge is -2.21. The molecule has 90 heavy (non-hydrogen) atoms. The maximum absolute atomic E-state index is 12.7. The van der Waals surface area contributed by atoms with Crippen LogP contribution in [0.4, 0.5) is 73.6 Å². The lowest BCUT2D eigenvalue weighted by molar-refractivity contribution is -0.384. The van der Waals surface area contributed by atoms with Crippen molar-refractivity contribution in [2.24, 2.45) is 29.6 Å². The van der Waals surface area contributed by atoms with E-state index in [9.17, 15) is 78.7 Å². The van der Waals surface area contributed by atoms with Crippen molar-refractivity contribution >= 4 is 110 Å². The largest absolute Gasteiger partial charge is 0.505 e. The summed E-state index contributed by atoms with van der Waals surface area (Å²) in [5.41, 5.74) is -2.11. The van der Waals surface area contributed by atoms with E-state index in [0.717, 1.165) is 36.4 Å². The first-order chi connectivity index (χ1) is 41.2. The predicted molar refractivity (Wildman–Crippen MR) is 325 cm³/mol. The summed E-state index contributed by atoms with van der Waals surface area (Å²) in [5, 5.41) is 78.3. The van der Waals surface area contributed by atoms with Crippen molar-refractivity contribution in [3.63, 3.8) is 0 Å². The highest BCUT2D eigenvalue weighted by atomic mass is 35.5. The van der Waals surface area contributed by atoms with Gasteiger partial charge in [-0.3, -0.25) is 10.1 Å². The van der Waals surface area contributed by atoms with Crippen LogP contribution in [0.2, 0.25) is 20.1 Å². The second-order valence-electron chi connectivity index (χ2n) is 21.0. The third-order valence-corrected chi connectivity index (χ3v) is 13.4. The first kappa shape index (κ1) is 80.2. The number of aromatic hydroxyl groups is 1. The van der Waals surface area contributed by atoms with E-state index < -0.39 is 100 Å². The van der Waals surface area contributed by atoms with Crippen LogP contribution in [0.15, 0.2) is 97.1 Å². The highest BCUT2D eigenvalue weighted by molar-refractivity contribution is 6.37. The van der Waals surface area contributed by atoms with Crippen molar-refractivity contribution in [2.45, 2.75) is 118 Å². The third-order valence-electron chi connectivity index (χ3n) is 12.1. The summed E-state index contributed by atoms with van der Waals surface area (Å²) in [6.07, 6.45) is -13.4. The molecule has 0 heterocycles. The maximum atomic E-state index is 12.7. The number of rotatable bonds is 21. The average molecular weight is 1370 g/mol. The fourth-order valence-electron chi connectivity index (χ4n) is 7.29. The summed E-state index contributed by atoms with van der Waals surface area (Å²) in [6, 6.07) is 14.5. The van der Waals surface area contributed by atoms with Gasteiger partial charge in [0.15, 0.2) is 5.75 Å². The zero-order valence-electron chi connectivity index (χ0n) is 49.4. The number of alkyl halides is 9. The van der Waals surface area contributed by atoms with E-state index in [-0.39, 0.29) is 78.2 Å². The fraction of sp³-hybridized carbons (Fsp3) is 0.397. The van der Waals surface area contributed by atoms with Crippen molar-refractivity contribution in [3.05, 3.63) is 144 Å².